The molecule has 2 N–H and O–H groups in total. The normalized spacial score (nSPS) is 11.3. The van der Waals surface area contributed by atoms with Crippen molar-refractivity contribution in [3.05, 3.63) is 52.5 Å². The average molecular weight is 423 g/mol. The molecule has 2 aromatic carbocycles. The average Bonchev–Trinajstić information content (AvgIpc) is 2.72. The Morgan fingerprint density at radius 2 is 1.82 bits per heavy atom. The van der Waals surface area contributed by atoms with Gasteiger partial charge in [0.05, 0.1) is 38.0 Å². The summed E-state index contributed by atoms with van der Waals surface area (Å²) in [6.07, 6.45) is 0.797. The van der Waals surface area contributed by atoms with Crippen LogP contribution in [0.4, 0.5) is 5.69 Å². The second-order valence-corrected chi connectivity index (χ2v) is 6.68. The van der Waals surface area contributed by atoms with Gasteiger partial charge in [0.2, 0.25) is 0 Å². The summed E-state index contributed by atoms with van der Waals surface area (Å²) in [6, 6.07) is 10.6. The van der Waals surface area contributed by atoms with E-state index in [0.29, 0.717) is 27.3 Å². The van der Waals surface area contributed by atoms with E-state index in [2.05, 4.69) is 17.6 Å². The Labute approximate surface area is 175 Å². The zero-order valence-electron chi connectivity index (χ0n) is 16.2. The number of hydrogen-bond donors (Lipinski definition) is 2. The molecule has 1 atom stereocenters. The third-order valence-electron chi connectivity index (χ3n) is 4.15. The number of benzene rings is 2. The highest BCUT2D eigenvalue weighted by Crippen LogP contribution is 2.31. The minimum Gasteiger partial charge on any atom is -0.493 e. The first-order valence-electron chi connectivity index (χ1n) is 8.60. The highest BCUT2D eigenvalue weighted by atomic mass is 35.5. The highest BCUT2D eigenvalue weighted by molar-refractivity contribution is 7.80. The maximum Gasteiger partial charge on any atom is 0.339 e. The predicted molar refractivity (Wildman–Crippen MR) is 115 cm³/mol. The third-order valence-corrected chi connectivity index (χ3v) is 4.70. The smallest absolute Gasteiger partial charge is 0.339 e. The molecule has 0 spiro atoms. The Hall–Kier alpha value is -2.51. The van der Waals surface area contributed by atoms with Crippen molar-refractivity contribution in [2.75, 3.05) is 26.6 Å². The zero-order valence-corrected chi connectivity index (χ0v) is 17.7. The Bertz CT molecular complexity index is 860. The number of halogens is 1. The number of anilines is 1. The lowest BCUT2D eigenvalue weighted by Gasteiger charge is -2.21. The molecule has 0 unspecified atom stereocenters. The van der Waals surface area contributed by atoms with Crippen molar-refractivity contribution in [2.24, 2.45) is 0 Å². The van der Waals surface area contributed by atoms with E-state index in [1.165, 1.54) is 7.11 Å². The molecule has 0 aliphatic carbocycles. The van der Waals surface area contributed by atoms with Crippen LogP contribution in [-0.2, 0) is 4.74 Å². The summed E-state index contributed by atoms with van der Waals surface area (Å²) in [5.74, 6) is 0.808. The molecule has 0 saturated carbocycles. The number of hydrogen-bond acceptors (Lipinski definition) is 5. The summed E-state index contributed by atoms with van der Waals surface area (Å²) in [4.78, 5) is 11.8. The molecule has 150 valence electrons. The van der Waals surface area contributed by atoms with E-state index in [-0.39, 0.29) is 11.6 Å². The number of ether oxygens (including phenoxy) is 3. The van der Waals surface area contributed by atoms with Gasteiger partial charge in [-0.2, -0.15) is 0 Å². The Morgan fingerprint density at radius 3 is 2.43 bits per heavy atom. The Kier molecular flexibility index (Phi) is 7.90. The standard InChI is InChI=1S/C20H23ClN2O4S/c1-5-16(12-6-9-17(25-2)18(10-12)26-3)23-20(28)22-13-7-8-15(21)14(11-13)19(24)27-4/h6-11,16H,5H2,1-4H3,(H2,22,23,28)/t16-/m0/s1. The van der Waals surface area contributed by atoms with Crippen molar-refractivity contribution in [1.29, 1.82) is 0 Å². The molecule has 2 aromatic rings. The van der Waals surface area contributed by atoms with Crippen molar-refractivity contribution in [3.63, 3.8) is 0 Å². The van der Waals surface area contributed by atoms with Gasteiger partial charge in [-0.25, -0.2) is 4.79 Å². The maximum absolute atomic E-state index is 11.8. The number of nitrogens with one attached hydrogen (secondary N) is 2. The van der Waals surface area contributed by atoms with Crippen LogP contribution in [0.5, 0.6) is 11.5 Å². The van der Waals surface area contributed by atoms with E-state index in [1.54, 1.807) is 32.4 Å². The minimum atomic E-state index is -0.510. The summed E-state index contributed by atoms with van der Waals surface area (Å²) < 4.78 is 15.4. The summed E-state index contributed by atoms with van der Waals surface area (Å²) in [5, 5.41) is 7.07. The Morgan fingerprint density at radius 1 is 1.11 bits per heavy atom. The van der Waals surface area contributed by atoms with E-state index in [1.807, 2.05) is 18.2 Å². The molecule has 0 amide bonds. The molecule has 0 bridgehead atoms. The van der Waals surface area contributed by atoms with E-state index in [0.717, 1.165) is 12.0 Å². The second kappa shape index (κ2) is 10.1. The van der Waals surface area contributed by atoms with Gasteiger partial charge in [0.1, 0.15) is 0 Å². The monoisotopic (exact) mass is 422 g/mol. The van der Waals surface area contributed by atoms with Crippen molar-refractivity contribution in [1.82, 2.24) is 5.32 Å². The first-order valence-corrected chi connectivity index (χ1v) is 9.39. The van der Waals surface area contributed by atoms with Gasteiger partial charge < -0.3 is 24.8 Å². The van der Waals surface area contributed by atoms with E-state index in [4.69, 9.17) is 38.0 Å². The molecular weight excluding hydrogens is 400 g/mol. The van der Waals surface area contributed by atoms with Crippen LogP contribution in [-0.4, -0.2) is 32.4 Å². The van der Waals surface area contributed by atoms with Gasteiger partial charge in [-0.05, 0) is 54.5 Å². The van der Waals surface area contributed by atoms with Gasteiger partial charge in [-0.3, -0.25) is 0 Å². The maximum atomic E-state index is 11.8. The van der Waals surface area contributed by atoms with Crippen molar-refractivity contribution in [3.8, 4) is 11.5 Å². The SMILES string of the molecule is CC[C@H](NC(=S)Nc1ccc(Cl)c(C(=O)OC)c1)c1ccc(OC)c(OC)c1. The quantitative estimate of drug-likeness (QED) is 0.499. The summed E-state index contributed by atoms with van der Waals surface area (Å²) in [7, 11) is 4.50. The van der Waals surface area contributed by atoms with Crippen molar-refractivity contribution >= 4 is 40.6 Å². The number of rotatable bonds is 7. The van der Waals surface area contributed by atoms with Gasteiger partial charge in [0, 0.05) is 5.69 Å². The van der Waals surface area contributed by atoms with Crippen LogP contribution in [0.1, 0.15) is 35.3 Å². The fraction of sp³-hybridized carbons (Fsp3) is 0.300. The third kappa shape index (κ3) is 5.27. The predicted octanol–water partition coefficient (Wildman–Crippen LogP) is 4.58. The van der Waals surface area contributed by atoms with Gasteiger partial charge in [-0.1, -0.05) is 24.6 Å². The largest absolute Gasteiger partial charge is 0.493 e. The lowest BCUT2D eigenvalue weighted by atomic mass is 10.0. The minimum absolute atomic E-state index is 0.0350. The number of methoxy groups -OCH3 is 3. The molecule has 0 radical (unpaired) electrons. The summed E-state index contributed by atoms with van der Waals surface area (Å²) in [5.41, 5.74) is 1.91. The van der Waals surface area contributed by atoms with Crippen LogP contribution in [0.25, 0.3) is 0 Å². The second-order valence-electron chi connectivity index (χ2n) is 5.86. The van der Waals surface area contributed by atoms with Crippen LogP contribution >= 0.6 is 23.8 Å². The van der Waals surface area contributed by atoms with Crippen molar-refractivity contribution in [2.45, 2.75) is 19.4 Å². The molecule has 0 aliphatic heterocycles. The molecule has 28 heavy (non-hydrogen) atoms. The highest BCUT2D eigenvalue weighted by Gasteiger charge is 2.15. The van der Waals surface area contributed by atoms with Crippen LogP contribution in [0, 0.1) is 0 Å². The molecule has 0 aromatic heterocycles. The van der Waals surface area contributed by atoms with Gasteiger partial charge in [0.25, 0.3) is 0 Å². The zero-order chi connectivity index (χ0) is 20.7. The fourth-order valence-corrected chi connectivity index (χ4v) is 3.14. The number of carbonyl (C=O) groups excluding carboxylic acids is 1. The van der Waals surface area contributed by atoms with Crippen molar-refractivity contribution < 1.29 is 19.0 Å². The van der Waals surface area contributed by atoms with Gasteiger partial charge in [0.15, 0.2) is 16.6 Å². The summed E-state index contributed by atoms with van der Waals surface area (Å²) in [6.45, 7) is 2.05. The topological polar surface area (TPSA) is 68.8 Å². The molecule has 0 heterocycles. The summed E-state index contributed by atoms with van der Waals surface area (Å²) >= 11 is 11.5. The molecule has 0 fully saturated rings. The fourth-order valence-electron chi connectivity index (χ4n) is 2.69. The van der Waals surface area contributed by atoms with E-state index < -0.39 is 5.97 Å². The number of esters is 1. The number of carbonyl (C=O) groups is 1. The first kappa shape index (κ1) is 21.8. The molecule has 8 heteroatoms. The molecular formula is C20H23ClN2O4S. The lowest BCUT2D eigenvalue weighted by molar-refractivity contribution is 0.0601. The van der Waals surface area contributed by atoms with Crippen LogP contribution in [0.15, 0.2) is 36.4 Å². The molecule has 0 aliphatic rings. The Balaban J connectivity index is 2.14. The van der Waals surface area contributed by atoms with Crippen LogP contribution in [0.2, 0.25) is 5.02 Å². The lowest BCUT2D eigenvalue weighted by Crippen LogP contribution is -2.32. The molecule has 6 nitrogen and oxygen atoms in total. The van der Waals surface area contributed by atoms with Gasteiger partial charge >= 0.3 is 5.97 Å². The first-order chi connectivity index (χ1) is 13.4. The van der Waals surface area contributed by atoms with Gasteiger partial charge in [-0.15, -0.1) is 0 Å². The molecule has 2 rings (SSSR count). The van der Waals surface area contributed by atoms with Crippen LogP contribution < -0.4 is 20.1 Å². The van der Waals surface area contributed by atoms with E-state index >= 15 is 0 Å². The van der Waals surface area contributed by atoms with Crippen LogP contribution in [0.3, 0.4) is 0 Å². The van der Waals surface area contributed by atoms with E-state index in [9.17, 15) is 4.79 Å². The number of thiocarbonyl (C=S) groups is 1. The molecule has 0 saturated heterocycles.